The van der Waals surface area contributed by atoms with E-state index in [1.165, 1.54) is 36.8 Å². The number of hydrogen-bond acceptors (Lipinski definition) is 0. The molecule has 0 aromatic heterocycles. The SMILES string of the molecule is CCC(C)=CC(C)CC.CCC(C)=CC(C)CC. The summed E-state index contributed by atoms with van der Waals surface area (Å²) in [5.41, 5.74) is 3.04. The van der Waals surface area contributed by atoms with E-state index in [0.717, 1.165) is 11.8 Å². The molecule has 0 radical (unpaired) electrons. The first kappa shape index (κ1) is 19.8. The lowest BCUT2D eigenvalue weighted by Crippen LogP contribution is -1.86. The molecule has 0 amide bonds. The molecule has 0 heterocycles. The maximum Gasteiger partial charge on any atom is -0.0262 e. The largest absolute Gasteiger partial charge is 0.0828 e. The van der Waals surface area contributed by atoms with Crippen LogP contribution in [0.25, 0.3) is 0 Å². The summed E-state index contributed by atoms with van der Waals surface area (Å²) in [5.74, 6) is 1.54. The first-order chi connectivity index (χ1) is 8.40. The van der Waals surface area contributed by atoms with Gasteiger partial charge in [-0.15, -0.1) is 0 Å². The van der Waals surface area contributed by atoms with Gasteiger partial charge in [-0.05, 0) is 38.5 Å². The van der Waals surface area contributed by atoms with Gasteiger partial charge in [0.15, 0.2) is 0 Å². The third kappa shape index (κ3) is 13.5. The van der Waals surface area contributed by atoms with E-state index >= 15 is 0 Å². The zero-order valence-electron chi connectivity index (χ0n) is 14.1. The average Bonchev–Trinajstić information content (AvgIpc) is 2.38. The van der Waals surface area contributed by atoms with Crippen molar-refractivity contribution in [1.82, 2.24) is 0 Å². The molecule has 0 heteroatoms. The van der Waals surface area contributed by atoms with Crippen molar-refractivity contribution in [1.29, 1.82) is 0 Å². The highest BCUT2D eigenvalue weighted by atomic mass is 14.0. The van der Waals surface area contributed by atoms with Crippen LogP contribution in [0.3, 0.4) is 0 Å². The summed E-state index contributed by atoms with van der Waals surface area (Å²) in [4.78, 5) is 0. The number of hydrogen-bond donors (Lipinski definition) is 0. The van der Waals surface area contributed by atoms with Crippen LogP contribution in [0.15, 0.2) is 23.3 Å². The Hall–Kier alpha value is -0.520. The lowest BCUT2D eigenvalue weighted by molar-refractivity contribution is 0.689. The van der Waals surface area contributed by atoms with Crippen molar-refractivity contribution in [2.75, 3.05) is 0 Å². The van der Waals surface area contributed by atoms with Crippen LogP contribution in [0.4, 0.5) is 0 Å². The van der Waals surface area contributed by atoms with E-state index in [4.69, 9.17) is 0 Å². The third-order valence-electron chi connectivity index (χ3n) is 3.54. The van der Waals surface area contributed by atoms with Crippen molar-refractivity contribution in [2.24, 2.45) is 11.8 Å². The van der Waals surface area contributed by atoms with Gasteiger partial charge >= 0.3 is 0 Å². The van der Waals surface area contributed by atoms with Crippen molar-refractivity contribution >= 4 is 0 Å². The van der Waals surface area contributed by atoms with Crippen LogP contribution in [0.5, 0.6) is 0 Å². The molecule has 0 spiro atoms. The molecule has 18 heavy (non-hydrogen) atoms. The summed E-state index contributed by atoms with van der Waals surface area (Å²) in [6.45, 7) is 17.8. The standard InChI is InChI=1S/2C9H18/c2*1-5-8(3)7-9(4)6-2/h2*7-8H,5-6H2,1-4H3. The lowest BCUT2D eigenvalue weighted by atomic mass is 10.0. The molecule has 0 saturated carbocycles. The van der Waals surface area contributed by atoms with E-state index in [9.17, 15) is 0 Å². The van der Waals surface area contributed by atoms with E-state index < -0.39 is 0 Å². The fraction of sp³-hybridized carbons (Fsp3) is 0.778. The Bertz CT molecular complexity index is 206. The second kappa shape index (κ2) is 12.9. The highest BCUT2D eigenvalue weighted by Gasteiger charge is 1.92. The van der Waals surface area contributed by atoms with Crippen LogP contribution < -0.4 is 0 Å². The molecule has 0 N–H and O–H groups in total. The molecule has 2 unspecified atom stereocenters. The van der Waals surface area contributed by atoms with Gasteiger partial charge < -0.3 is 0 Å². The second-order valence-electron chi connectivity index (χ2n) is 5.50. The Kier molecular flexibility index (Phi) is 14.2. The molecule has 0 aromatic carbocycles. The van der Waals surface area contributed by atoms with Gasteiger partial charge in [0.2, 0.25) is 0 Å². The summed E-state index contributed by atoms with van der Waals surface area (Å²) in [6, 6.07) is 0. The van der Waals surface area contributed by atoms with Gasteiger partial charge in [-0.2, -0.15) is 0 Å². The molecule has 0 fully saturated rings. The van der Waals surface area contributed by atoms with Crippen LogP contribution in [-0.2, 0) is 0 Å². The molecule has 0 aromatic rings. The van der Waals surface area contributed by atoms with Crippen molar-refractivity contribution in [2.45, 2.75) is 81.1 Å². The molecule has 0 bridgehead atoms. The van der Waals surface area contributed by atoms with Crippen LogP contribution in [-0.4, -0.2) is 0 Å². The summed E-state index contributed by atoms with van der Waals surface area (Å²) in [7, 11) is 0. The molecule has 0 nitrogen and oxygen atoms in total. The summed E-state index contributed by atoms with van der Waals surface area (Å²) >= 11 is 0. The van der Waals surface area contributed by atoms with Crippen molar-refractivity contribution in [3.63, 3.8) is 0 Å². The third-order valence-corrected chi connectivity index (χ3v) is 3.54. The number of rotatable bonds is 6. The normalized spacial score (nSPS) is 15.8. The molecule has 0 rings (SSSR count). The molecule has 0 aliphatic carbocycles. The minimum Gasteiger partial charge on any atom is -0.0828 e. The molecular formula is C18H36. The maximum absolute atomic E-state index is 2.36. The molecule has 2 atom stereocenters. The zero-order valence-corrected chi connectivity index (χ0v) is 14.1. The highest BCUT2D eigenvalue weighted by Crippen LogP contribution is 2.08. The molecule has 108 valence electrons. The van der Waals surface area contributed by atoms with E-state index in [1.54, 1.807) is 0 Å². The summed E-state index contributed by atoms with van der Waals surface area (Å²) in [6.07, 6.45) is 9.64. The zero-order chi connectivity index (χ0) is 14.6. The van der Waals surface area contributed by atoms with Gasteiger partial charge in [-0.25, -0.2) is 0 Å². The first-order valence-electron chi connectivity index (χ1n) is 7.75. The quantitative estimate of drug-likeness (QED) is 0.457. The van der Waals surface area contributed by atoms with Gasteiger partial charge in [0.05, 0.1) is 0 Å². The molecule has 0 aliphatic heterocycles. The summed E-state index contributed by atoms with van der Waals surface area (Å²) < 4.78 is 0. The van der Waals surface area contributed by atoms with Crippen LogP contribution in [0, 0.1) is 11.8 Å². The van der Waals surface area contributed by atoms with Crippen molar-refractivity contribution in [3.05, 3.63) is 23.3 Å². The predicted molar refractivity (Wildman–Crippen MR) is 87.0 cm³/mol. The Morgan fingerprint density at radius 2 is 1.00 bits per heavy atom. The van der Waals surface area contributed by atoms with Gasteiger partial charge in [-0.3, -0.25) is 0 Å². The minimum absolute atomic E-state index is 0.768. The minimum atomic E-state index is 0.768. The Morgan fingerprint density at radius 1 is 0.722 bits per heavy atom. The average molecular weight is 252 g/mol. The predicted octanol–water partition coefficient (Wildman–Crippen LogP) is 6.78. The van der Waals surface area contributed by atoms with Crippen molar-refractivity contribution in [3.8, 4) is 0 Å². The van der Waals surface area contributed by atoms with Gasteiger partial charge in [0.25, 0.3) is 0 Å². The fourth-order valence-electron chi connectivity index (χ4n) is 1.44. The van der Waals surface area contributed by atoms with Gasteiger partial charge in [0.1, 0.15) is 0 Å². The van der Waals surface area contributed by atoms with Gasteiger partial charge in [0, 0.05) is 0 Å². The number of allylic oxidation sites excluding steroid dienone is 4. The van der Waals surface area contributed by atoms with Crippen molar-refractivity contribution < 1.29 is 0 Å². The van der Waals surface area contributed by atoms with E-state index in [2.05, 4.69) is 67.5 Å². The maximum atomic E-state index is 2.36. The first-order valence-corrected chi connectivity index (χ1v) is 7.75. The summed E-state index contributed by atoms with van der Waals surface area (Å²) in [5, 5.41) is 0. The topological polar surface area (TPSA) is 0 Å². The Morgan fingerprint density at radius 3 is 1.17 bits per heavy atom. The Labute approximate surface area is 117 Å². The smallest absolute Gasteiger partial charge is 0.0262 e. The monoisotopic (exact) mass is 252 g/mol. The Balaban J connectivity index is 0. The van der Waals surface area contributed by atoms with Gasteiger partial charge in [-0.1, -0.05) is 77.7 Å². The van der Waals surface area contributed by atoms with E-state index in [-0.39, 0.29) is 0 Å². The fourth-order valence-corrected chi connectivity index (χ4v) is 1.44. The second-order valence-corrected chi connectivity index (χ2v) is 5.50. The molecule has 0 aliphatic rings. The highest BCUT2D eigenvalue weighted by molar-refractivity contribution is 4.99. The van der Waals surface area contributed by atoms with E-state index in [1.807, 2.05) is 0 Å². The van der Waals surface area contributed by atoms with E-state index in [0.29, 0.717) is 0 Å². The van der Waals surface area contributed by atoms with Crippen LogP contribution in [0.1, 0.15) is 81.1 Å². The molecule has 0 saturated heterocycles. The lowest BCUT2D eigenvalue weighted by Gasteiger charge is -2.01. The van der Waals surface area contributed by atoms with Crippen LogP contribution in [0.2, 0.25) is 0 Å². The van der Waals surface area contributed by atoms with Crippen LogP contribution >= 0.6 is 0 Å². The molecular weight excluding hydrogens is 216 g/mol.